The van der Waals surface area contributed by atoms with Gasteiger partial charge in [-0.3, -0.25) is 20.4 Å². The molecular weight excluding hydrogens is 422 g/mol. The molecule has 4 rings (SSSR count). The fraction of sp³-hybridized carbons (Fsp3) is 0.217. The topological polar surface area (TPSA) is 128 Å². The van der Waals surface area contributed by atoms with E-state index in [1.54, 1.807) is 4.68 Å². The third kappa shape index (κ3) is 5.48. The van der Waals surface area contributed by atoms with Crippen molar-refractivity contribution < 1.29 is 14.1 Å². The van der Waals surface area contributed by atoms with Crippen LogP contribution < -0.4 is 10.9 Å². The lowest BCUT2D eigenvalue weighted by molar-refractivity contribution is -0.121. The molecule has 0 bridgehead atoms. The number of carbonyl (C=O) groups excluding carboxylic acids is 2. The van der Waals surface area contributed by atoms with Crippen molar-refractivity contribution in [2.24, 2.45) is 0 Å². The highest BCUT2D eigenvalue weighted by Gasteiger charge is 2.19. The number of rotatable bonds is 8. The van der Waals surface area contributed by atoms with Crippen molar-refractivity contribution in [3.63, 3.8) is 0 Å². The first-order chi connectivity index (χ1) is 16.1. The van der Waals surface area contributed by atoms with Crippen molar-refractivity contribution in [1.82, 2.24) is 35.8 Å². The molecule has 0 radical (unpaired) electrons. The highest BCUT2D eigenvalue weighted by atomic mass is 16.5. The third-order valence-electron chi connectivity index (χ3n) is 4.71. The summed E-state index contributed by atoms with van der Waals surface area (Å²) in [5.74, 6) is 0.422. The number of hydrogen-bond acceptors (Lipinski definition) is 7. The number of para-hydroxylation sites is 1. The van der Waals surface area contributed by atoms with Gasteiger partial charge < -0.3 is 4.52 Å². The van der Waals surface area contributed by atoms with Gasteiger partial charge in [-0.25, -0.2) is 9.67 Å². The summed E-state index contributed by atoms with van der Waals surface area (Å²) in [5.41, 5.74) is 6.30. The molecule has 168 valence electrons. The lowest BCUT2D eigenvalue weighted by atomic mass is 10.2. The fourth-order valence-electron chi connectivity index (χ4n) is 3.11. The second kappa shape index (κ2) is 10.3. The van der Waals surface area contributed by atoms with Crippen molar-refractivity contribution in [2.75, 3.05) is 0 Å². The summed E-state index contributed by atoms with van der Waals surface area (Å²) in [5, 5.41) is 8.21. The number of benzene rings is 2. The van der Waals surface area contributed by atoms with Gasteiger partial charge in [-0.05, 0) is 18.6 Å². The van der Waals surface area contributed by atoms with E-state index in [0.717, 1.165) is 24.1 Å². The van der Waals surface area contributed by atoms with Crippen molar-refractivity contribution in [3.05, 3.63) is 78.2 Å². The van der Waals surface area contributed by atoms with E-state index in [2.05, 4.69) is 31.1 Å². The standard InChI is InChI=1S/C23H23N7O3/c1-2-9-18-24-20(33-29-18)15-14-19(31)26-27-23(32)21-25-22(16-10-5-3-6-11-16)30(28-21)17-12-7-4-8-13-17/h3-8,10-13H,2,9,14-15H2,1H3,(H,26,31)(H,27,32). The van der Waals surface area contributed by atoms with Gasteiger partial charge in [0.1, 0.15) is 0 Å². The molecule has 0 unspecified atom stereocenters. The van der Waals surface area contributed by atoms with Crippen molar-refractivity contribution in [2.45, 2.75) is 32.6 Å². The minimum atomic E-state index is -0.627. The molecule has 0 fully saturated rings. The summed E-state index contributed by atoms with van der Waals surface area (Å²) >= 11 is 0. The van der Waals surface area contributed by atoms with Crippen molar-refractivity contribution in [3.8, 4) is 17.1 Å². The lowest BCUT2D eigenvalue weighted by Crippen LogP contribution is -2.42. The summed E-state index contributed by atoms with van der Waals surface area (Å²) in [6, 6.07) is 18.8. The van der Waals surface area contributed by atoms with E-state index in [4.69, 9.17) is 4.52 Å². The lowest BCUT2D eigenvalue weighted by Gasteiger charge is -2.05. The Bertz CT molecular complexity index is 1160. The Balaban J connectivity index is 1.41. The molecule has 0 spiro atoms. The molecule has 0 saturated heterocycles. The van der Waals surface area contributed by atoms with Crippen LogP contribution in [0.4, 0.5) is 0 Å². The molecule has 2 aromatic heterocycles. The summed E-state index contributed by atoms with van der Waals surface area (Å²) in [4.78, 5) is 33.4. The van der Waals surface area contributed by atoms with Gasteiger partial charge in [0.2, 0.25) is 17.6 Å². The molecule has 0 aliphatic carbocycles. The summed E-state index contributed by atoms with van der Waals surface area (Å²) in [6.07, 6.45) is 1.98. The Hall–Kier alpha value is -4.34. The molecule has 2 N–H and O–H groups in total. The van der Waals surface area contributed by atoms with Crippen molar-refractivity contribution in [1.29, 1.82) is 0 Å². The molecule has 0 saturated carbocycles. The number of hydrogen-bond donors (Lipinski definition) is 2. The van der Waals surface area contributed by atoms with Crippen LogP contribution in [0, 0.1) is 0 Å². The number of amides is 2. The summed E-state index contributed by atoms with van der Waals surface area (Å²) in [7, 11) is 0. The Morgan fingerprint density at radius 1 is 0.939 bits per heavy atom. The maximum atomic E-state index is 12.6. The molecule has 0 aliphatic heterocycles. The monoisotopic (exact) mass is 445 g/mol. The molecule has 0 atom stereocenters. The van der Waals surface area contributed by atoms with Crippen LogP contribution in [-0.2, 0) is 17.6 Å². The number of nitrogens with zero attached hydrogens (tertiary/aromatic N) is 5. The van der Waals surface area contributed by atoms with Crippen LogP contribution in [0.25, 0.3) is 17.1 Å². The molecule has 4 aromatic rings. The SMILES string of the molecule is CCCc1noc(CCC(=O)NNC(=O)c2nc(-c3ccccc3)n(-c3ccccc3)n2)n1. The van der Waals surface area contributed by atoms with E-state index in [0.29, 0.717) is 17.5 Å². The molecule has 33 heavy (non-hydrogen) atoms. The maximum absolute atomic E-state index is 12.6. The van der Waals surface area contributed by atoms with Crippen LogP contribution in [0.2, 0.25) is 0 Å². The van der Waals surface area contributed by atoms with Crippen molar-refractivity contribution >= 4 is 11.8 Å². The van der Waals surface area contributed by atoms with E-state index in [1.165, 1.54) is 0 Å². The zero-order chi connectivity index (χ0) is 23.0. The van der Waals surface area contributed by atoms with Gasteiger partial charge in [0.25, 0.3) is 0 Å². The zero-order valence-corrected chi connectivity index (χ0v) is 18.1. The molecule has 2 amide bonds. The molecular formula is C23H23N7O3. The second-order valence-corrected chi connectivity index (χ2v) is 7.23. The largest absolute Gasteiger partial charge is 0.339 e. The smallest absolute Gasteiger partial charge is 0.309 e. The van der Waals surface area contributed by atoms with Gasteiger partial charge in [-0.15, -0.1) is 5.10 Å². The predicted molar refractivity (Wildman–Crippen MR) is 119 cm³/mol. The molecule has 10 heteroatoms. The quantitative estimate of drug-likeness (QED) is 0.399. The van der Waals surface area contributed by atoms with E-state index in [9.17, 15) is 9.59 Å². The Morgan fingerprint density at radius 2 is 1.67 bits per heavy atom. The molecule has 10 nitrogen and oxygen atoms in total. The summed E-state index contributed by atoms with van der Waals surface area (Å²) in [6.45, 7) is 2.02. The first-order valence-corrected chi connectivity index (χ1v) is 10.6. The summed E-state index contributed by atoms with van der Waals surface area (Å²) < 4.78 is 6.70. The van der Waals surface area contributed by atoms with Gasteiger partial charge in [0.05, 0.1) is 5.69 Å². The number of nitrogens with one attached hydrogen (secondary N) is 2. The molecule has 0 aliphatic rings. The minimum absolute atomic E-state index is 0.0703. The van der Waals surface area contributed by atoms with Crippen LogP contribution in [-0.4, -0.2) is 36.7 Å². The number of hydrazine groups is 1. The van der Waals surface area contributed by atoms with Crippen LogP contribution in [0.3, 0.4) is 0 Å². The van der Waals surface area contributed by atoms with Gasteiger partial charge in [-0.2, -0.15) is 4.98 Å². The maximum Gasteiger partial charge on any atom is 0.309 e. The third-order valence-corrected chi connectivity index (χ3v) is 4.71. The minimum Gasteiger partial charge on any atom is -0.339 e. The Labute approximate surface area is 190 Å². The van der Waals surface area contributed by atoms with Crippen LogP contribution in [0.15, 0.2) is 65.2 Å². The zero-order valence-electron chi connectivity index (χ0n) is 18.1. The number of carbonyl (C=O) groups is 2. The van der Waals surface area contributed by atoms with Crippen LogP contribution in [0.5, 0.6) is 0 Å². The number of aryl methyl sites for hydroxylation is 2. The van der Waals surface area contributed by atoms with E-state index < -0.39 is 11.8 Å². The van der Waals surface area contributed by atoms with Gasteiger partial charge in [0, 0.05) is 24.8 Å². The highest BCUT2D eigenvalue weighted by Crippen LogP contribution is 2.20. The van der Waals surface area contributed by atoms with Gasteiger partial charge >= 0.3 is 5.91 Å². The van der Waals surface area contributed by atoms with Crippen LogP contribution >= 0.6 is 0 Å². The number of aromatic nitrogens is 5. The normalized spacial score (nSPS) is 10.7. The Morgan fingerprint density at radius 3 is 2.39 bits per heavy atom. The van der Waals surface area contributed by atoms with E-state index >= 15 is 0 Å². The molecule has 2 aromatic carbocycles. The first kappa shape index (κ1) is 21.9. The van der Waals surface area contributed by atoms with Gasteiger partial charge in [-0.1, -0.05) is 60.6 Å². The Kier molecular flexibility index (Phi) is 6.84. The predicted octanol–water partition coefficient (Wildman–Crippen LogP) is 2.66. The van der Waals surface area contributed by atoms with E-state index in [-0.39, 0.29) is 18.7 Å². The van der Waals surface area contributed by atoms with E-state index in [1.807, 2.05) is 67.6 Å². The van der Waals surface area contributed by atoms with Crippen LogP contribution in [0.1, 0.15) is 42.1 Å². The average molecular weight is 445 g/mol. The molecule has 2 heterocycles. The fourth-order valence-corrected chi connectivity index (χ4v) is 3.11. The second-order valence-electron chi connectivity index (χ2n) is 7.23. The van der Waals surface area contributed by atoms with Gasteiger partial charge in [0.15, 0.2) is 11.6 Å². The average Bonchev–Trinajstić information content (AvgIpc) is 3.50. The first-order valence-electron chi connectivity index (χ1n) is 10.6. The highest BCUT2D eigenvalue weighted by molar-refractivity contribution is 5.92.